The van der Waals surface area contributed by atoms with Crippen LogP contribution in [0.15, 0.2) is 70.6 Å². The van der Waals surface area contributed by atoms with Gasteiger partial charge in [-0.25, -0.2) is 9.37 Å². The molecule has 7 heteroatoms. The van der Waals surface area contributed by atoms with Gasteiger partial charge in [0.15, 0.2) is 5.16 Å². The molecule has 0 saturated heterocycles. The van der Waals surface area contributed by atoms with Crippen LogP contribution in [0, 0.1) is 26.6 Å². The summed E-state index contributed by atoms with van der Waals surface area (Å²) in [5, 5.41) is 3.19. The SMILES string of the molecule is Cc1ccc(-n2c(SC(C)C(=O)Nc3c(C)cccc3C)nc3ccccc3c2=O)cc1F. The molecular formula is C26H24FN3O2S. The Morgan fingerprint density at radius 3 is 2.39 bits per heavy atom. The molecule has 0 radical (unpaired) electrons. The minimum Gasteiger partial charge on any atom is -0.325 e. The van der Waals surface area contributed by atoms with Crippen LogP contribution < -0.4 is 10.9 Å². The normalized spacial score (nSPS) is 12.0. The lowest BCUT2D eigenvalue weighted by Crippen LogP contribution is -2.26. The third kappa shape index (κ3) is 4.54. The minimum atomic E-state index is -0.557. The van der Waals surface area contributed by atoms with Gasteiger partial charge in [-0.1, -0.05) is 48.2 Å². The highest BCUT2D eigenvalue weighted by atomic mass is 32.2. The number of rotatable bonds is 5. The van der Waals surface area contributed by atoms with Crippen molar-refractivity contribution in [2.45, 2.75) is 38.1 Å². The Balaban J connectivity index is 1.75. The summed E-state index contributed by atoms with van der Waals surface area (Å²) in [5.41, 5.74) is 3.78. The van der Waals surface area contributed by atoms with Crippen molar-refractivity contribution in [2.24, 2.45) is 0 Å². The summed E-state index contributed by atoms with van der Waals surface area (Å²) >= 11 is 1.16. The van der Waals surface area contributed by atoms with E-state index in [1.165, 1.54) is 10.6 Å². The first kappa shape index (κ1) is 22.7. The number of thioether (sulfide) groups is 1. The van der Waals surface area contributed by atoms with E-state index in [9.17, 15) is 14.0 Å². The molecule has 1 unspecified atom stereocenters. The van der Waals surface area contributed by atoms with Gasteiger partial charge in [-0.05, 0) is 68.7 Å². The molecule has 168 valence electrons. The van der Waals surface area contributed by atoms with E-state index in [1.54, 1.807) is 50.2 Å². The van der Waals surface area contributed by atoms with Crippen LogP contribution in [-0.4, -0.2) is 20.7 Å². The molecule has 4 aromatic rings. The van der Waals surface area contributed by atoms with Crippen molar-refractivity contribution >= 4 is 34.3 Å². The topological polar surface area (TPSA) is 64.0 Å². The van der Waals surface area contributed by atoms with E-state index in [2.05, 4.69) is 10.3 Å². The number of hydrogen-bond acceptors (Lipinski definition) is 4. The van der Waals surface area contributed by atoms with Crippen LogP contribution in [0.1, 0.15) is 23.6 Å². The minimum absolute atomic E-state index is 0.207. The van der Waals surface area contributed by atoms with Gasteiger partial charge in [0.1, 0.15) is 5.82 Å². The number of aromatic nitrogens is 2. The van der Waals surface area contributed by atoms with Crippen LogP contribution in [0.4, 0.5) is 10.1 Å². The van der Waals surface area contributed by atoms with Crippen molar-refractivity contribution in [3.05, 3.63) is 93.5 Å². The van der Waals surface area contributed by atoms with Gasteiger partial charge >= 0.3 is 0 Å². The second kappa shape index (κ2) is 9.19. The molecule has 0 saturated carbocycles. The summed E-state index contributed by atoms with van der Waals surface area (Å²) in [6.45, 7) is 7.30. The maximum absolute atomic E-state index is 14.3. The molecule has 0 fully saturated rings. The number of anilines is 1. The Morgan fingerprint density at radius 2 is 1.70 bits per heavy atom. The van der Waals surface area contributed by atoms with Gasteiger partial charge in [-0.15, -0.1) is 0 Å². The standard InChI is InChI=1S/C26H24FN3O2S/c1-15-12-13-19(14-21(15)27)30-25(32)20-10-5-6-11-22(20)28-26(30)33-18(4)24(31)29-23-16(2)8-7-9-17(23)3/h5-14,18H,1-4H3,(H,29,31). The highest BCUT2D eigenvalue weighted by molar-refractivity contribution is 8.00. The fourth-order valence-corrected chi connectivity index (χ4v) is 4.52. The predicted molar refractivity (Wildman–Crippen MR) is 132 cm³/mol. The molecule has 1 aromatic heterocycles. The van der Waals surface area contributed by atoms with Crippen LogP contribution in [0.25, 0.3) is 16.6 Å². The summed E-state index contributed by atoms with van der Waals surface area (Å²) in [6.07, 6.45) is 0. The van der Waals surface area contributed by atoms with Gasteiger partial charge in [0.05, 0.1) is 21.8 Å². The van der Waals surface area contributed by atoms with Crippen LogP contribution in [0.5, 0.6) is 0 Å². The number of carbonyl (C=O) groups is 1. The van der Waals surface area contributed by atoms with E-state index < -0.39 is 11.1 Å². The fraction of sp³-hybridized carbons (Fsp3) is 0.192. The second-order valence-corrected chi connectivity index (χ2v) is 9.31. The number of aryl methyl sites for hydroxylation is 3. The zero-order chi connectivity index (χ0) is 23.7. The molecule has 0 aliphatic carbocycles. The third-order valence-corrected chi connectivity index (χ3v) is 6.59. The molecule has 1 atom stereocenters. The number of para-hydroxylation sites is 2. The largest absolute Gasteiger partial charge is 0.325 e. The molecular weight excluding hydrogens is 437 g/mol. The van der Waals surface area contributed by atoms with Crippen molar-refractivity contribution < 1.29 is 9.18 Å². The van der Waals surface area contributed by atoms with Gasteiger partial charge in [0.2, 0.25) is 5.91 Å². The van der Waals surface area contributed by atoms with Crippen molar-refractivity contribution in [2.75, 3.05) is 5.32 Å². The molecule has 4 rings (SSSR count). The Hall–Kier alpha value is -3.45. The maximum Gasteiger partial charge on any atom is 0.266 e. The molecule has 0 bridgehead atoms. The van der Waals surface area contributed by atoms with Crippen LogP contribution >= 0.6 is 11.8 Å². The van der Waals surface area contributed by atoms with E-state index in [0.717, 1.165) is 28.6 Å². The first-order valence-corrected chi connectivity index (χ1v) is 11.5. The summed E-state index contributed by atoms with van der Waals surface area (Å²) in [5.74, 6) is -0.620. The zero-order valence-corrected chi connectivity index (χ0v) is 19.7. The summed E-state index contributed by atoms with van der Waals surface area (Å²) in [4.78, 5) is 31.0. The molecule has 0 aliphatic rings. The number of benzene rings is 3. The number of carbonyl (C=O) groups excluding carboxylic acids is 1. The first-order valence-electron chi connectivity index (χ1n) is 10.6. The highest BCUT2D eigenvalue weighted by Crippen LogP contribution is 2.27. The summed E-state index contributed by atoms with van der Waals surface area (Å²) < 4.78 is 15.7. The quantitative estimate of drug-likeness (QED) is 0.312. The molecule has 33 heavy (non-hydrogen) atoms. The Morgan fingerprint density at radius 1 is 1.00 bits per heavy atom. The van der Waals surface area contributed by atoms with E-state index >= 15 is 0 Å². The Kier molecular flexibility index (Phi) is 6.33. The lowest BCUT2D eigenvalue weighted by molar-refractivity contribution is -0.115. The molecule has 3 aromatic carbocycles. The van der Waals surface area contributed by atoms with Crippen LogP contribution in [-0.2, 0) is 4.79 Å². The summed E-state index contributed by atoms with van der Waals surface area (Å²) in [7, 11) is 0. The molecule has 1 amide bonds. The number of nitrogens with zero attached hydrogens (tertiary/aromatic N) is 2. The number of amides is 1. The van der Waals surface area contributed by atoms with Gasteiger partial charge in [0, 0.05) is 5.69 Å². The number of fused-ring (bicyclic) bond motifs is 1. The number of hydrogen-bond donors (Lipinski definition) is 1. The lowest BCUT2D eigenvalue weighted by Gasteiger charge is -2.18. The van der Waals surface area contributed by atoms with Gasteiger partial charge in [-0.3, -0.25) is 14.2 Å². The summed E-state index contributed by atoms with van der Waals surface area (Å²) in [6, 6.07) is 17.5. The predicted octanol–water partition coefficient (Wildman–Crippen LogP) is 5.57. The lowest BCUT2D eigenvalue weighted by atomic mass is 10.1. The molecule has 0 aliphatic heterocycles. The van der Waals surface area contributed by atoms with Crippen LogP contribution in [0.2, 0.25) is 0 Å². The van der Waals surface area contributed by atoms with Crippen LogP contribution in [0.3, 0.4) is 0 Å². The third-order valence-electron chi connectivity index (χ3n) is 5.54. The zero-order valence-electron chi connectivity index (χ0n) is 18.8. The fourth-order valence-electron chi connectivity index (χ4n) is 3.59. The average Bonchev–Trinajstić information content (AvgIpc) is 2.78. The van der Waals surface area contributed by atoms with E-state index in [-0.39, 0.29) is 11.5 Å². The van der Waals surface area contributed by atoms with Gasteiger partial charge < -0.3 is 5.32 Å². The molecule has 0 spiro atoms. The molecule has 5 nitrogen and oxygen atoms in total. The van der Waals surface area contributed by atoms with Gasteiger partial charge in [-0.2, -0.15) is 0 Å². The first-order chi connectivity index (χ1) is 15.8. The van der Waals surface area contributed by atoms with Crippen molar-refractivity contribution in [3.63, 3.8) is 0 Å². The monoisotopic (exact) mass is 461 g/mol. The highest BCUT2D eigenvalue weighted by Gasteiger charge is 2.21. The Bertz CT molecular complexity index is 1410. The molecule has 1 N–H and O–H groups in total. The van der Waals surface area contributed by atoms with Crippen molar-refractivity contribution in [1.82, 2.24) is 9.55 Å². The Labute approximate surface area is 195 Å². The molecule has 1 heterocycles. The smallest absolute Gasteiger partial charge is 0.266 e. The van der Waals surface area contributed by atoms with E-state index in [0.29, 0.717) is 27.3 Å². The maximum atomic E-state index is 14.3. The van der Waals surface area contributed by atoms with Crippen molar-refractivity contribution in [3.8, 4) is 5.69 Å². The second-order valence-electron chi connectivity index (χ2n) is 8.00. The van der Waals surface area contributed by atoms with E-state index in [4.69, 9.17) is 0 Å². The van der Waals surface area contributed by atoms with E-state index in [1.807, 2.05) is 32.0 Å². The van der Waals surface area contributed by atoms with Crippen molar-refractivity contribution in [1.29, 1.82) is 0 Å². The number of halogens is 1. The average molecular weight is 462 g/mol. The van der Waals surface area contributed by atoms with Gasteiger partial charge in [0.25, 0.3) is 5.56 Å². The number of nitrogens with one attached hydrogen (secondary N) is 1.